The molecule has 3 aromatic heterocycles. The largest absolute Gasteiger partial charge is 0.480 e. The van der Waals surface area contributed by atoms with Crippen LogP contribution in [-0.4, -0.2) is 52.3 Å². The molecule has 1 amide bonds. The normalized spacial score (nSPS) is 17.0. The lowest BCUT2D eigenvalue weighted by Crippen LogP contribution is -2.35. The van der Waals surface area contributed by atoms with Gasteiger partial charge < -0.3 is 25.4 Å². The van der Waals surface area contributed by atoms with Crippen molar-refractivity contribution in [3.05, 3.63) is 35.7 Å². The van der Waals surface area contributed by atoms with Crippen molar-refractivity contribution in [2.24, 2.45) is 0 Å². The average molecular weight is 383 g/mol. The number of pyridine rings is 1. The number of hydrogen-bond acceptors (Lipinski definition) is 8. The fraction of sp³-hybridized carbons (Fsp3) is 0.333. The van der Waals surface area contributed by atoms with E-state index < -0.39 is 0 Å². The number of nitrogens with zero attached hydrogens (tertiary/aromatic N) is 4. The first-order valence-corrected chi connectivity index (χ1v) is 8.84. The smallest absolute Gasteiger partial charge is 0.257 e. The Bertz CT molecular complexity index is 1030. The Kier molecular flexibility index (Phi) is 4.70. The van der Waals surface area contributed by atoms with Gasteiger partial charge in [0.1, 0.15) is 22.9 Å². The number of methoxy groups -OCH3 is 1. The molecule has 10 heteroatoms. The van der Waals surface area contributed by atoms with E-state index in [1.165, 1.54) is 6.20 Å². The first-order chi connectivity index (χ1) is 13.6. The second-order valence-corrected chi connectivity index (χ2v) is 6.49. The van der Waals surface area contributed by atoms with Gasteiger partial charge in [0.25, 0.3) is 5.91 Å². The molecule has 4 rings (SSSR count). The topological polar surface area (TPSA) is 115 Å². The van der Waals surface area contributed by atoms with Gasteiger partial charge >= 0.3 is 0 Å². The lowest BCUT2D eigenvalue weighted by molar-refractivity contribution is 0.0821. The van der Waals surface area contributed by atoms with Crippen LogP contribution in [-0.2, 0) is 11.3 Å². The van der Waals surface area contributed by atoms with E-state index in [2.05, 4.69) is 31.0 Å². The monoisotopic (exact) mass is 383 g/mol. The Morgan fingerprint density at radius 3 is 3.00 bits per heavy atom. The second kappa shape index (κ2) is 7.31. The van der Waals surface area contributed by atoms with Gasteiger partial charge in [-0.1, -0.05) is 0 Å². The molecule has 4 heterocycles. The Hall–Kier alpha value is -3.40. The van der Waals surface area contributed by atoms with Crippen LogP contribution in [0.4, 0.5) is 17.3 Å². The standard InChI is InChI=1S/C18H21N7O3/c1-10-8-28-9-11-4-13(18(27-3)20-6-11)23-14-5-15(19-2)25-16(24-14)12(7-21-25)17(26)22-10/h4-7,10,19H,8-9H2,1-3H3,(H,22,26)(H,23,24). The maximum Gasteiger partial charge on any atom is 0.257 e. The molecule has 0 saturated carbocycles. The van der Waals surface area contributed by atoms with Crippen LogP contribution in [0.5, 0.6) is 5.88 Å². The van der Waals surface area contributed by atoms with E-state index in [-0.39, 0.29) is 11.9 Å². The molecule has 146 valence electrons. The minimum absolute atomic E-state index is 0.179. The molecule has 3 aromatic rings. The maximum atomic E-state index is 12.7. The zero-order valence-corrected chi connectivity index (χ0v) is 15.8. The molecule has 1 aliphatic rings. The highest BCUT2D eigenvalue weighted by Gasteiger charge is 2.20. The number of ether oxygens (including phenoxy) is 2. The van der Waals surface area contributed by atoms with Gasteiger partial charge in [-0.3, -0.25) is 4.79 Å². The summed E-state index contributed by atoms with van der Waals surface area (Å²) in [6.07, 6.45) is 3.20. The lowest BCUT2D eigenvalue weighted by Gasteiger charge is -2.16. The summed E-state index contributed by atoms with van der Waals surface area (Å²) in [6, 6.07) is 3.52. The molecular weight excluding hydrogens is 362 g/mol. The quantitative estimate of drug-likeness (QED) is 0.611. The molecule has 3 N–H and O–H groups in total. The van der Waals surface area contributed by atoms with Crippen molar-refractivity contribution >= 4 is 28.9 Å². The van der Waals surface area contributed by atoms with Crippen LogP contribution in [0.1, 0.15) is 22.8 Å². The van der Waals surface area contributed by atoms with E-state index in [1.807, 2.05) is 13.0 Å². The summed E-state index contributed by atoms with van der Waals surface area (Å²) in [5.41, 5.74) is 2.33. The summed E-state index contributed by atoms with van der Waals surface area (Å²) >= 11 is 0. The van der Waals surface area contributed by atoms with Crippen LogP contribution in [0, 0.1) is 0 Å². The minimum atomic E-state index is -0.257. The summed E-state index contributed by atoms with van der Waals surface area (Å²) < 4.78 is 12.7. The van der Waals surface area contributed by atoms with Crippen molar-refractivity contribution < 1.29 is 14.3 Å². The molecular formula is C18H21N7O3. The van der Waals surface area contributed by atoms with E-state index >= 15 is 0 Å². The average Bonchev–Trinajstić information content (AvgIpc) is 3.11. The summed E-state index contributed by atoms with van der Waals surface area (Å²) in [7, 11) is 3.33. The van der Waals surface area contributed by atoms with E-state index in [0.29, 0.717) is 47.6 Å². The Morgan fingerprint density at radius 2 is 2.21 bits per heavy atom. The van der Waals surface area contributed by atoms with Crippen LogP contribution >= 0.6 is 0 Å². The molecule has 0 radical (unpaired) electrons. The number of carbonyl (C=O) groups is 1. The molecule has 10 nitrogen and oxygen atoms in total. The van der Waals surface area contributed by atoms with Crippen LogP contribution < -0.4 is 20.7 Å². The summed E-state index contributed by atoms with van der Waals surface area (Å²) in [5.74, 6) is 1.38. The molecule has 1 atom stereocenters. The van der Waals surface area contributed by atoms with Crippen LogP contribution in [0.15, 0.2) is 24.5 Å². The zero-order valence-electron chi connectivity index (χ0n) is 15.8. The Balaban J connectivity index is 1.88. The van der Waals surface area contributed by atoms with E-state index in [4.69, 9.17) is 9.47 Å². The first-order valence-electron chi connectivity index (χ1n) is 8.84. The molecule has 0 aromatic carbocycles. The number of anilines is 3. The number of carbonyl (C=O) groups excluding carboxylic acids is 1. The van der Waals surface area contributed by atoms with Crippen molar-refractivity contribution in [1.82, 2.24) is 24.9 Å². The number of aromatic nitrogens is 4. The van der Waals surface area contributed by atoms with E-state index in [1.54, 1.807) is 30.9 Å². The maximum absolute atomic E-state index is 12.7. The van der Waals surface area contributed by atoms with Crippen molar-refractivity contribution in [2.45, 2.75) is 19.6 Å². The minimum Gasteiger partial charge on any atom is -0.480 e. The highest BCUT2D eigenvalue weighted by Crippen LogP contribution is 2.28. The molecule has 1 unspecified atom stereocenters. The fourth-order valence-corrected chi connectivity index (χ4v) is 3.03. The van der Waals surface area contributed by atoms with E-state index in [0.717, 1.165) is 5.56 Å². The summed E-state index contributed by atoms with van der Waals surface area (Å²) in [5, 5.41) is 13.5. The number of rotatable bonds is 2. The zero-order chi connectivity index (χ0) is 19.7. The molecule has 0 spiro atoms. The molecule has 1 aliphatic heterocycles. The SMILES string of the molecule is CNc1cc2nc3c(cnn13)C(=O)NC(C)COCc1cnc(OC)c(c1)N2. The Labute approximate surface area is 161 Å². The number of fused-ring (bicyclic) bond motifs is 3. The fourth-order valence-electron chi connectivity index (χ4n) is 3.03. The second-order valence-electron chi connectivity index (χ2n) is 6.49. The number of nitrogens with one attached hydrogen (secondary N) is 3. The van der Waals surface area contributed by atoms with Gasteiger partial charge in [0.2, 0.25) is 5.88 Å². The molecule has 28 heavy (non-hydrogen) atoms. The molecule has 0 aliphatic carbocycles. The first kappa shape index (κ1) is 18.0. The Morgan fingerprint density at radius 1 is 1.36 bits per heavy atom. The summed E-state index contributed by atoms with van der Waals surface area (Å²) in [4.78, 5) is 21.6. The van der Waals surface area contributed by atoms with Crippen molar-refractivity contribution in [2.75, 3.05) is 31.4 Å². The van der Waals surface area contributed by atoms with Crippen LogP contribution in [0.25, 0.3) is 5.65 Å². The van der Waals surface area contributed by atoms with Gasteiger partial charge in [-0.05, 0) is 18.6 Å². The third-order valence-electron chi connectivity index (χ3n) is 4.35. The number of amides is 1. The van der Waals surface area contributed by atoms with Crippen molar-refractivity contribution in [1.29, 1.82) is 0 Å². The predicted octanol–water partition coefficient (Wildman–Crippen LogP) is 1.57. The van der Waals surface area contributed by atoms with Gasteiger partial charge in [0, 0.05) is 25.4 Å². The van der Waals surface area contributed by atoms with Gasteiger partial charge in [-0.25, -0.2) is 9.97 Å². The number of hydrogen-bond donors (Lipinski definition) is 3. The lowest BCUT2D eigenvalue weighted by atomic mass is 10.2. The highest BCUT2D eigenvalue weighted by atomic mass is 16.5. The predicted molar refractivity (Wildman–Crippen MR) is 103 cm³/mol. The van der Waals surface area contributed by atoms with Gasteiger partial charge in [-0.2, -0.15) is 9.61 Å². The van der Waals surface area contributed by atoms with Crippen LogP contribution in [0.3, 0.4) is 0 Å². The van der Waals surface area contributed by atoms with Crippen molar-refractivity contribution in [3.8, 4) is 5.88 Å². The van der Waals surface area contributed by atoms with Crippen LogP contribution in [0.2, 0.25) is 0 Å². The molecule has 4 bridgehead atoms. The summed E-state index contributed by atoms with van der Waals surface area (Å²) in [6.45, 7) is 2.60. The van der Waals surface area contributed by atoms with Gasteiger partial charge in [0.05, 0.1) is 26.5 Å². The third-order valence-corrected chi connectivity index (χ3v) is 4.35. The third kappa shape index (κ3) is 3.29. The van der Waals surface area contributed by atoms with Crippen molar-refractivity contribution in [3.63, 3.8) is 0 Å². The molecule has 0 saturated heterocycles. The van der Waals surface area contributed by atoms with E-state index in [9.17, 15) is 4.79 Å². The highest BCUT2D eigenvalue weighted by molar-refractivity contribution is 6.00. The van der Waals surface area contributed by atoms with Gasteiger partial charge in [-0.15, -0.1) is 0 Å². The van der Waals surface area contributed by atoms with Gasteiger partial charge in [0.15, 0.2) is 5.65 Å². The molecule has 0 fully saturated rings.